The molecule has 0 spiro atoms. The summed E-state index contributed by atoms with van der Waals surface area (Å²) in [4.78, 5) is 11.8. The van der Waals surface area contributed by atoms with Crippen molar-refractivity contribution in [1.29, 1.82) is 0 Å². The third kappa shape index (κ3) is 4.25. The molecule has 0 heterocycles. The van der Waals surface area contributed by atoms with Crippen LogP contribution in [0.2, 0.25) is 5.02 Å². The molecular formula is C17H12ClF3N2O3S. The van der Waals surface area contributed by atoms with Crippen LogP contribution in [-0.4, -0.2) is 14.4 Å². The van der Waals surface area contributed by atoms with Gasteiger partial charge in [0.05, 0.1) is 15.5 Å². The van der Waals surface area contributed by atoms with Crippen molar-refractivity contribution in [1.82, 2.24) is 4.72 Å². The average molecular weight is 417 g/mol. The summed E-state index contributed by atoms with van der Waals surface area (Å²) >= 11 is 5.56. The maximum atomic E-state index is 12.7. The topological polar surface area (TPSA) is 75.3 Å². The van der Waals surface area contributed by atoms with Crippen LogP contribution >= 0.6 is 11.6 Å². The van der Waals surface area contributed by atoms with Gasteiger partial charge in [-0.05, 0) is 47.9 Å². The van der Waals surface area contributed by atoms with Gasteiger partial charge in [-0.2, -0.15) is 13.2 Å². The van der Waals surface area contributed by atoms with Gasteiger partial charge >= 0.3 is 12.2 Å². The number of hydrogen-bond acceptors (Lipinski definition) is 3. The molecule has 1 aliphatic rings. The van der Waals surface area contributed by atoms with Gasteiger partial charge in [0.25, 0.3) is 10.0 Å². The number of carbonyl (C=O) groups excluding carboxylic acids is 1. The van der Waals surface area contributed by atoms with E-state index in [4.69, 9.17) is 11.6 Å². The summed E-state index contributed by atoms with van der Waals surface area (Å²) in [7, 11) is -4.15. The Labute approximate surface area is 157 Å². The van der Waals surface area contributed by atoms with Gasteiger partial charge in [-0.3, -0.25) is 0 Å². The molecule has 10 heteroatoms. The second kappa shape index (κ2) is 6.90. The van der Waals surface area contributed by atoms with E-state index in [2.05, 4.69) is 5.32 Å². The van der Waals surface area contributed by atoms with Crippen LogP contribution in [0.25, 0.3) is 6.08 Å². The highest BCUT2D eigenvalue weighted by atomic mass is 35.5. The molecule has 0 saturated heterocycles. The summed E-state index contributed by atoms with van der Waals surface area (Å²) in [6.07, 6.45) is -0.268. The Kier molecular flexibility index (Phi) is 4.92. The number of amides is 2. The van der Waals surface area contributed by atoms with E-state index in [0.29, 0.717) is 12.5 Å². The lowest BCUT2D eigenvalue weighted by molar-refractivity contribution is -0.137. The first-order chi connectivity index (χ1) is 12.6. The quantitative estimate of drug-likeness (QED) is 0.776. The lowest BCUT2D eigenvalue weighted by atomic mass is 10.1. The summed E-state index contributed by atoms with van der Waals surface area (Å²) < 4.78 is 64.5. The fraction of sp³-hybridized carbons (Fsp3) is 0.118. The van der Waals surface area contributed by atoms with Crippen molar-refractivity contribution in [2.24, 2.45) is 0 Å². The first kappa shape index (κ1) is 19.2. The van der Waals surface area contributed by atoms with Crippen LogP contribution in [0.5, 0.6) is 0 Å². The summed E-state index contributed by atoms with van der Waals surface area (Å²) in [6.45, 7) is 0. The third-order valence-electron chi connectivity index (χ3n) is 3.82. The van der Waals surface area contributed by atoms with Crippen LogP contribution in [0.4, 0.5) is 23.7 Å². The standard InChI is InChI=1S/C17H12ClF3N2O3S/c18-15-9-12(5-7-14(15)17(19,20)21)22-16(24)23-27(25,26)13-6-4-10-2-1-3-11(10)8-13/h1,3-9H,2H2,(H2,22,23,24). The van der Waals surface area contributed by atoms with Crippen molar-refractivity contribution in [3.8, 4) is 0 Å². The van der Waals surface area contributed by atoms with Gasteiger partial charge in [0.15, 0.2) is 0 Å². The number of carbonyl (C=O) groups is 1. The lowest BCUT2D eigenvalue weighted by Gasteiger charge is -2.12. The molecule has 0 radical (unpaired) electrons. The molecule has 0 aromatic heterocycles. The number of sulfonamides is 1. The third-order valence-corrected chi connectivity index (χ3v) is 5.46. The van der Waals surface area contributed by atoms with Crippen molar-refractivity contribution < 1.29 is 26.4 Å². The Bertz CT molecular complexity index is 1050. The molecule has 0 atom stereocenters. The molecule has 0 aliphatic heterocycles. The van der Waals surface area contributed by atoms with Gasteiger partial charge in [-0.1, -0.05) is 29.8 Å². The average Bonchev–Trinajstić information content (AvgIpc) is 3.00. The van der Waals surface area contributed by atoms with E-state index >= 15 is 0 Å². The van der Waals surface area contributed by atoms with Crippen LogP contribution in [0.1, 0.15) is 16.7 Å². The summed E-state index contributed by atoms with van der Waals surface area (Å²) in [5, 5.41) is 1.53. The summed E-state index contributed by atoms with van der Waals surface area (Å²) in [5.41, 5.74) is 0.567. The van der Waals surface area contributed by atoms with Crippen molar-refractivity contribution in [2.75, 3.05) is 5.32 Å². The van der Waals surface area contributed by atoms with E-state index in [1.807, 2.05) is 10.8 Å². The minimum absolute atomic E-state index is 0.0856. The van der Waals surface area contributed by atoms with Crippen LogP contribution < -0.4 is 10.0 Å². The molecular weight excluding hydrogens is 405 g/mol. The predicted molar refractivity (Wildman–Crippen MR) is 95.0 cm³/mol. The van der Waals surface area contributed by atoms with Gasteiger partial charge in [0.1, 0.15) is 0 Å². The number of anilines is 1. The Balaban J connectivity index is 1.74. The maximum absolute atomic E-state index is 12.7. The van der Waals surface area contributed by atoms with E-state index in [-0.39, 0.29) is 10.6 Å². The number of alkyl halides is 3. The largest absolute Gasteiger partial charge is 0.417 e. The first-order valence-corrected chi connectivity index (χ1v) is 9.42. The molecule has 0 unspecified atom stereocenters. The van der Waals surface area contributed by atoms with E-state index in [9.17, 15) is 26.4 Å². The number of rotatable bonds is 3. The molecule has 27 heavy (non-hydrogen) atoms. The second-order valence-corrected chi connectivity index (χ2v) is 7.81. The van der Waals surface area contributed by atoms with Gasteiger partial charge in [-0.25, -0.2) is 17.9 Å². The summed E-state index contributed by atoms with van der Waals surface area (Å²) in [5.74, 6) is 0. The Morgan fingerprint density at radius 1 is 1.11 bits per heavy atom. The van der Waals surface area contributed by atoms with E-state index < -0.39 is 32.8 Å². The highest BCUT2D eigenvalue weighted by Crippen LogP contribution is 2.35. The van der Waals surface area contributed by atoms with Crippen molar-refractivity contribution >= 4 is 39.4 Å². The molecule has 0 fully saturated rings. The number of nitrogens with one attached hydrogen (secondary N) is 2. The van der Waals surface area contributed by atoms with Gasteiger partial charge in [0.2, 0.25) is 0 Å². The Morgan fingerprint density at radius 3 is 2.52 bits per heavy atom. The monoisotopic (exact) mass is 416 g/mol. The SMILES string of the molecule is O=C(Nc1ccc(C(F)(F)F)c(Cl)c1)NS(=O)(=O)c1ccc2c(c1)C=CC2. The molecule has 0 saturated carbocycles. The Morgan fingerprint density at radius 2 is 1.85 bits per heavy atom. The summed E-state index contributed by atoms with van der Waals surface area (Å²) in [6, 6.07) is 5.89. The van der Waals surface area contributed by atoms with Gasteiger partial charge in [0, 0.05) is 5.69 Å². The fourth-order valence-corrected chi connectivity index (χ4v) is 3.78. The van der Waals surface area contributed by atoms with Gasteiger partial charge < -0.3 is 5.32 Å². The van der Waals surface area contributed by atoms with E-state index in [1.54, 1.807) is 12.1 Å². The number of urea groups is 1. The highest BCUT2D eigenvalue weighted by molar-refractivity contribution is 7.90. The molecule has 2 aromatic rings. The molecule has 2 aromatic carbocycles. The van der Waals surface area contributed by atoms with Crippen LogP contribution in [0.15, 0.2) is 47.4 Å². The maximum Gasteiger partial charge on any atom is 0.417 e. The van der Waals surface area contributed by atoms with E-state index in [0.717, 1.165) is 23.3 Å². The van der Waals surface area contributed by atoms with Gasteiger partial charge in [-0.15, -0.1) is 0 Å². The first-order valence-electron chi connectivity index (χ1n) is 7.56. The number of allylic oxidation sites excluding steroid dienone is 1. The smallest absolute Gasteiger partial charge is 0.307 e. The molecule has 2 amide bonds. The molecule has 142 valence electrons. The fourth-order valence-electron chi connectivity index (χ4n) is 2.55. The molecule has 2 N–H and O–H groups in total. The van der Waals surface area contributed by atoms with Crippen molar-refractivity contribution in [3.05, 3.63) is 64.2 Å². The minimum atomic E-state index is -4.64. The number of halogens is 4. The second-order valence-electron chi connectivity index (χ2n) is 5.72. The normalized spacial score (nSPS) is 13.3. The molecule has 0 bridgehead atoms. The van der Waals surface area contributed by atoms with Crippen molar-refractivity contribution in [2.45, 2.75) is 17.5 Å². The van der Waals surface area contributed by atoms with Crippen LogP contribution in [-0.2, 0) is 22.6 Å². The van der Waals surface area contributed by atoms with Crippen LogP contribution in [0.3, 0.4) is 0 Å². The molecule has 3 rings (SSSR count). The Hall–Kier alpha value is -2.52. The molecule has 5 nitrogen and oxygen atoms in total. The van der Waals surface area contributed by atoms with Crippen molar-refractivity contribution in [3.63, 3.8) is 0 Å². The highest BCUT2D eigenvalue weighted by Gasteiger charge is 2.33. The zero-order valence-corrected chi connectivity index (χ0v) is 15.0. The predicted octanol–water partition coefficient (Wildman–Crippen LogP) is 4.44. The zero-order chi connectivity index (χ0) is 19.8. The number of fused-ring (bicyclic) bond motifs is 1. The van der Waals surface area contributed by atoms with Crippen LogP contribution in [0, 0.1) is 0 Å². The molecule has 1 aliphatic carbocycles. The van der Waals surface area contributed by atoms with E-state index in [1.165, 1.54) is 12.1 Å². The lowest BCUT2D eigenvalue weighted by Crippen LogP contribution is -2.34. The zero-order valence-electron chi connectivity index (χ0n) is 13.5. The number of benzene rings is 2. The minimum Gasteiger partial charge on any atom is -0.307 e. The number of hydrogen-bond donors (Lipinski definition) is 2.